The topological polar surface area (TPSA) is 50.7 Å². The molecule has 0 saturated heterocycles. The van der Waals surface area contributed by atoms with Crippen LogP contribution in [0.1, 0.15) is 44.8 Å². The average Bonchev–Trinajstić information content (AvgIpc) is 3.34. The van der Waals surface area contributed by atoms with Crippen molar-refractivity contribution in [3.63, 3.8) is 0 Å². The SMILES string of the molecule is O=C(Nc1ccccc1)c1c(N=Cc2c(OCc3ccccc3)ccc3ccccc23)sc2c1CCCC2. The summed E-state index contributed by atoms with van der Waals surface area (Å²) in [4.78, 5) is 19.8. The second-order valence-corrected chi connectivity index (χ2v) is 10.5. The Bertz CT molecular complexity index is 1610. The molecule has 0 bridgehead atoms. The molecule has 0 spiro atoms. The van der Waals surface area contributed by atoms with E-state index in [0.29, 0.717) is 12.2 Å². The average molecular weight is 517 g/mol. The summed E-state index contributed by atoms with van der Waals surface area (Å²) in [5, 5.41) is 6.03. The number of hydrogen-bond acceptors (Lipinski definition) is 4. The van der Waals surface area contributed by atoms with E-state index in [-0.39, 0.29) is 5.91 Å². The lowest BCUT2D eigenvalue weighted by Gasteiger charge is -2.13. The van der Waals surface area contributed by atoms with E-state index in [0.717, 1.165) is 69.6 Å². The molecule has 38 heavy (non-hydrogen) atoms. The zero-order valence-corrected chi connectivity index (χ0v) is 21.8. The van der Waals surface area contributed by atoms with Gasteiger partial charge in [0.05, 0.1) is 5.56 Å². The number of benzene rings is 4. The first kappa shape index (κ1) is 24.1. The Hall–Kier alpha value is -4.22. The Morgan fingerprint density at radius 3 is 2.45 bits per heavy atom. The summed E-state index contributed by atoms with van der Waals surface area (Å²) in [7, 11) is 0. The van der Waals surface area contributed by atoms with Gasteiger partial charge in [0.25, 0.3) is 5.91 Å². The molecule has 5 heteroatoms. The third-order valence-corrected chi connectivity index (χ3v) is 8.09. The Kier molecular flexibility index (Phi) is 7.01. The number of carbonyl (C=O) groups excluding carboxylic acids is 1. The molecule has 0 radical (unpaired) electrons. The summed E-state index contributed by atoms with van der Waals surface area (Å²) in [5.41, 5.74) is 4.67. The molecule has 4 aromatic carbocycles. The Morgan fingerprint density at radius 2 is 1.61 bits per heavy atom. The third kappa shape index (κ3) is 5.11. The lowest BCUT2D eigenvalue weighted by molar-refractivity contribution is 0.102. The van der Waals surface area contributed by atoms with Gasteiger partial charge in [-0.2, -0.15) is 0 Å². The number of amides is 1. The van der Waals surface area contributed by atoms with Crippen molar-refractivity contribution >= 4 is 44.9 Å². The van der Waals surface area contributed by atoms with E-state index in [1.54, 1.807) is 11.3 Å². The van der Waals surface area contributed by atoms with Crippen LogP contribution < -0.4 is 10.1 Å². The summed E-state index contributed by atoms with van der Waals surface area (Å²) < 4.78 is 6.29. The molecule has 5 aromatic rings. The molecule has 1 amide bonds. The zero-order valence-electron chi connectivity index (χ0n) is 21.0. The van der Waals surface area contributed by atoms with Gasteiger partial charge in [-0.25, -0.2) is 4.99 Å². The molecule has 1 aliphatic rings. The predicted octanol–water partition coefficient (Wildman–Crippen LogP) is 8.36. The number of thiophene rings is 1. The minimum atomic E-state index is -0.0961. The van der Waals surface area contributed by atoms with Crippen LogP contribution in [-0.2, 0) is 19.4 Å². The van der Waals surface area contributed by atoms with Crippen LogP contribution in [0.3, 0.4) is 0 Å². The van der Waals surface area contributed by atoms with Crippen LogP contribution in [0.25, 0.3) is 10.8 Å². The molecule has 0 aliphatic heterocycles. The van der Waals surface area contributed by atoms with E-state index in [4.69, 9.17) is 9.73 Å². The van der Waals surface area contributed by atoms with Crippen molar-refractivity contribution in [2.75, 3.05) is 5.32 Å². The molecule has 1 heterocycles. The van der Waals surface area contributed by atoms with Crippen LogP contribution in [-0.4, -0.2) is 12.1 Å². The molecular weight excluding hydrogens is 488 g/mol. The number of para-hydroxylation sites is 1. The molecule has 0 saturated carbocycles. The van der Waals surface area contributed by atoms with Crippen molar-refractivity contribution in [1.29, 1.82) is 0 Å². The molecule has 188 valence electrons. The van der Waals surface area contributed by atoms with Crippen molar-refractivity contribution in [3.05, 3.63) is 124 Å². The highest BCUT2D eigenvalue weighted by Crippen LogP contribution is 2.40. The minimum absolute atomic E-state index is 0.0961. The van der Waals surface area contributed by atoms with Crippen LogP contribution in [0.5, 0.6) is 5.75 Å². The van der Waals surface area contributed by atoms with E-state index < -0.39 is 0 Å². The first-order chi connectivity index (χ1) is 18.8. The monoisotopic (exact) mass is 516 g/mol. The number of aliphatic imine (C=N–C) groups is 1. The van der Waals surface area contributed by atoms with Gasteiger partial charge < -0.3 is 10.1 Å². The van der Waals surface area contributed by atoms with Crippen molar-refractivity contribution in [2.24, 2.45) is 4.99 Å². The molecule has 1 aromatic heterocycles. The van der Waals surface area contributed by atoms with Crippen LogP contribution >= 0.6 is 11.3 Å². The normalized spacial score (nSPS) is 12.9. The van der Waals surface area contributed by atoms with Crippen LogP contribution in [0.4, 0.5) is 10.7 Å². The maximum Gasteiger partial charge on any atom is 0.259 e. The van der Waals surface area contributed by atoms with Crippen molar-refractivity contribution in [3.8, 4) is 5.75 Å². The van der Waals surface area contributed by atoms with Gasteiger partial charge in [0, 0.05) is 22.3 Å². The van der Waals surface area contributed by atoms with Gasteiger partial charge in [0.1, 0.15) is 17.4 Å². The molecule has 0 atom stereocenters. The van der Waals surface area contributed by atoms with Crippen LogP contribution in [0.2, 0.25) is 0 Å². The van der Waals surface area contributed by atoms with Gasteiger partial charge in [-0.05, 0) is 65.8 Å². The van der Waals surface area contributed by atoms with Gasteiger partial charge in [0.15, 0.2) is 0 Å². The van der Waals surface area contributed by atoms with Crippen molar-refractivity contribution in [2.45, 2.75) is 32.3 Å². The Balaban J connectivity index is 1.38. The van der Waals surface area contributed by atoms with E-state index in [1.807, 2.05) is 72.9 Å². The first-order valence-electron chi connectivity index (χ1n) is 13.0. The number of aryl methyl sites for hydroxylation is 1. The van der Waals surface area contributed by atoms with Crippen LogP contribution in [0.15, 0.2) is 102 Å². The smallest absolute Gasteiger partial charge is 0.259 e. The highest BCUT2D eigenvalue weighted by Gasteiger charge is 2.25. The summed E-state index contributed by atoms with van der Waals surface area (Å²) in [6, 6.07) is 32.1. The molecular formula is C33H28N2O2S. The van der Waals surface area contributed by atoms with Crippen LogP contribution in [0, 0.1) is 0 Å². The fourth-order valence-corrected chi connectivity index (χ4v) is 6.22. The van der Waals surface area contributed by atoms with Gasteiger partial charge in [-0.1, -0.05) is 78.9 Å². The van der Waals surface area contributed by atoms with Gasteiger partial charge in [-0.15, -0.1) is 11.3 Å². The molecule has 1 aliphatic carbocycles. The largest absolute Gasteiger partial charge is 0.488 e. The van der Waals surface area contributed by atoms with Gasteiger partial charge in [-0.3, -0.25) is 4.79 Å². The molecule has 1 N–H and O–H groups in total. The van der Waals surface area contributed by atoms with E-state index in [2.05, 4.69) is 35.6 Å². The molecule has 0 unspecified atom stereocenters. The van der Waals surface area contributed by atoms with Crippen molar-refractivity contribution in [1.82, 2.24) is 0 Å². The van der Waals surface area contributed by atoms with E-state index >= 15 is 0 Å². The number of hydrogen-bond donors (Lipinski definition) is 1. The fraction of sp³-hybridized carbons (Fsp3) is 0.152. The number of ether oxygens (including phenoxy) is 1. The minimum Gasteiger partial charge on any atom is -0.488 e. The third-order valence-electron chi connectivity index (χ3n) is 6.89. The molecule has 4 nitrogen and oxygen atoms in total. The maximum absolute atomic E-state index is 13.5. The number of carbonyl (C=O) groups is 1. The summed E-state index contributed by atoms with van der Waals surface area (Å²) in [5.74, 6) is 0.675. The first-order valence-corrected chi connectivity index (χ1v) is 13.8. The number of rotatable bonds is 7. The molecule has 6 rings (SSSR count). The fourth-order valence-electron chi connectivity index (χ4n) is 4.98. The van der Waals surface area contributed by atoms with E-state index in [1.165, 1.54) is 4.88 Å². The standard InChI is InChI=1S/C33H28N2O2S/c36-32(35-25-14-5-2-6-15-25)31-27-17-9-10-18-30(27)38-33(31)34-21-28-26-16-8-7-13-24(26)19-20-29(28)37-22-23-11-3-1-4-12-23/h1-8,11-16,19-21H,9-10,17-18,22H2,(H,35,36). The highest BCUT2D eigenvalue weighted by molar-refractivity contribution is 7.16. The zero-order chi connectivity index (χ0) is 25.7. The molecule has 0 fully saturated rings. The predicted molar refractivity (Wildman–Crippen MR) is 157 cm³/mol. The number of anilines is 1. The Morgan fingerprint density at radius 1 is 0.868 bits per heavy atom. The van der Waals surface area contributed by atoms with Gasteiger partial charge in [0.2, 0.25) is 0 Å². The second kappa shape index (κ2) is 11.0. The Labute approximate surface area is 226 Å². The number of fused-ring (bicyclic) bond motifs is 2. The number of nitrogens with zero attached hydrogens (tertiary/aromatic N) is 1. The maximum atomic E-state index is 13.5. The summed E-state index contributed by atoms with van der Waals surface area (Å²) in [6.07, 6.45) is 6.04. The lowest BCUT2D eigenvalue weighted by atomic mass is 9.95. The summed E-state index contributed by atoms with van der Waals surface area (Å²) >= 11 is 1.64. The van der Waals surface area contributed by atoms with Gasteiger partial charge >= 0.3 is 0 Å². The quantitative estimate of drug-likeness (QED) is 0.221. The van der Waals surface area contributed by atoms with E-state index in [9.17, 15) is 4.79 Å². The lowest BCUT2D eigenvalue weighted by Crippen LogP contribution is -2.14. The highest BCUT2D eigenvalue weighted by atomic mass is 32.1. The summed E-state index contributed by atoms with van der Waals surface area (Å²) in [6.45, 7) is 0.470. The second-order valence-electron chi connectivity index (χ2n) is 9.44. The van der Waals surface area contributed by atoms with Crippen molar-refractivity contribution < 1.29 is 9.53 Å². The number of nitrogens with one attached hydrogen (secondary N) is 1.